The summed E-state index contributed by atoms with van der Waals surface area (Å²) >= 11 is 0. The lowest BCUT2D eigenvalue weighted by molar-refractivity contribution is -0.126. The Morgan fingerprint density at radius 2 is 2.26 bits per heavy atom. The molecule has 1 aromatic carbocycles. The van der Waals surface area contributed by atoms with E-state index in [0.717, 1.165) is 37.9 Å². The van der Waals surface area contributed by atoms with Crippen molar-refractivity contribution in [3.05, 3.63) is 29.8 Å². The summed E-state index contributed by atoms with van der Waals surface area (Å²) in [7, 11) is 0. The van der Waals surface area contributed by atoms with E-state index in [2.05, 4.69) is 17.6 Å². The first-order valence-corrected chi connectivity index (χ1v) is 6.93. The second-order valence-corrected chi connectivity index (χ2v) is 5.18. The normalized spacial score (nSPS) is 23.1. The highest BCUT2D eigenvalue weighted by atomic mass is 16.3. The molecule has 0 bridgehead atoms. The van der Waals surface area contributed by atoms with Crippen molar-refractivity contribution < 1.29 is 9.90 Å². The summed E-state index contributed by atoms with van der Waals surface area (Å²) in [5.74, 6) is 0.0584. The third kappa shape index (κ3) is 2.96. The molecule has 4 nitrogen and oxygen atoms in total. The molecule has 1 amide bonds. The van der Waals surface area contributed by atoms with E-state index in [4.69, 9.17) is 0 Å². The van der Waals surface area contributed by atoms with Gasteiger partial charge in [-0.05, 0) is 31.9 Å². The average molecular weight is 262 g/mol. The van der Waals surface area contributed by atoms with Crippen LogP contribution in [0.2, 0.25) is 0 Å². The van der Waals surface area contributed by atoms with E-state index < -0.39 is 0 Å². The van der Waals surface area contributed by atoms with Crippen LogP contribution in [0.3, 0.4) is 0 Å². The summed E-state index contributed by atoms with van der Waals surface area (Å²) in [4.78, 5) is 12.6. The van der Waals surface area contributed by atoms with Gasteiger partial charge < -0.3 is 15.7 Å². The van der Waals surface area contributed by atoms with Crippen molar-refractivity contribution >= 4 is 11.6 Å². The first-order valence-electron chi connectivity index (χ1n) is 6.93. The molecular weight excluding hydrogens is 240 g/mol. The number of carbonyl (C=O) groups excluding carboxylic acids is 1. The summed E-state index contributed by atoms with van der Waals surface area (Å²) in [5.41, 5.74) is 1.15. The van der Waals surface area contributed by atoms with Crippen LogP contribution in [-0.2, 0) is 11.4 Å². The third-order valence-electron chi connectivity index (χ3n) is 4.07. The number of rotatable bonds is 4. The second kappa shape index (κ2) is 6.17. The standard InChI is InChI=1S/C15H22N2O2/c1-2-15(8-5-9-16-11-15)14(19)17-13-7-4-3-6-12(13)10-18/h3-4,6-7,16,18H,2,5,8-11H2,1H3,(H,17,19). The molecule has 2 rings (SSSR count). The van der Waals surface area contributed by atoms with Gasteiger partial charge in [0, 0.05) is 17.8 Å². The monoisotopic (exact) mass is 262 g/mol. The number of aliphatic hydroxyl groups is 1. The quantitative estimate of drug-likeness (QED) is 0.776. The van der Waals surface area contributed by atoms with Gasteiger partial charge in [-0.2, -0.15) is 0 Å². The summed E-state index contributed by atoms with van der Waals surface area (Å²) in [5, 5.41) is 15.6. The largest absolute Gasteiger partial charge is 0.392 e. The molecule has 0 spiro atoms. The van der Waals surface area contributed by atoms with Crippen molar-refractivity contribution in [1.29, 1.82) is 0 Å². The Hall–Kier alpha value is -1.39. The van der Waals surface area contributed by atoms with Crippen molar-refractivity contribution in [2.45, 2.75) is 32.8 Å². The highest BCUT2D eigenvalue weighted by molar-refractivity contribution is 5.96. The van der Waals surface area contributed by atoms with Crippen molar-refractivity contribution in [1.82, 2.24) is 5.32 Å². The molecule has 4 heteroatoms. The van der Waals surface area contributed by atoms with Gasteiger partial charge in [0.1, 0.15) is 0 Å². The van der Waals surface area contributed by atoms with E-state index in [1.54, 1.807) is 0 Å². The van der Waals surface area contributed by atoms with Gasteiger partial charge in [0.15, 0.2) is 0 Å². The first kappa shape index (κ1) is 14.0. The van der Waals surface area contributed by atoms with Gasteiger partial charge in [0.25, 0.3) is 0 Å². The molecular formula is C15H22N2O2. The van der Waals surface area contributed by atoms with Crippen LogP contribution in [0.4, 0.5) is 5.69 Å². The van der Waals surface area contributed by atoms with Crippen LogP contribution in [0.1, 0.15) is 31.7 Å². The molecule has 3 N–H and O–H groups in total. The molecule has 1 aliphatic rings. The van der Waals surface area contributed by atoms with Gasteiger partial charge in [-0.1, -0.05) is 25.1 Å². The lowest BCUT2D eigenvalue weighted by Crippen LogP contribution is -2.47. The number of hydrogen-bond acceptors (Lipinski definition) is 3. The number of carbonyl (C=O) groups is 1. The number of para-hydroxylation sites is 1. The number of nitrogens with one attached hydrogen (secondary N) is 2. The molecule has 1 saturated heterocycles. The predicted molar refractivity (Wildman–Crippen MR) is 75.8 cm³/mol. The highest BCUT2D eigenvalue weighted by Crippen LogP contribution is 2.32. The van der Waals surface area contributed by atoms with Gasteiger partial charge >= 0.3 is 0 Å². The van der Waals surface area contributed by atoms with E-state index >= 15 is 0 Å². The van der Waals surface area contributed by atoms with Crippen LogP contribution in [-0.4, -0.2) is 24.1 Å². The van der Waals surface area contributed by atoms with E-state index in [9.17, 15) is 9.90 Å². The second-order valence-electron chi connectivity index (χ2n) is 5.18. The van der Waals surface area contributed by atoms with Crippen LogP contribution >= 0.6 is 0 Å². The Bertz CT molecular complexity index is 440. The topological polar surface area (TPSA) is 61.4 Å². The van der Waals surface area contributed by atoms with Crippen LogP contribution in [0, 0.1) is 5.41 Å². The highest BCUT2D eigenvalue weighted by Gasteiger charge is 2.37. The summed E-state index contributed by atoms with van der Waals surface area (Å²) in [6, 6.07) is 7.39. The lowest BCUT2D eigenvalue weighted by Gasteiger charge is -2.35. The minimum atomic E-state index is -0.319. The maximum Gasteiger partial charge on any atom is 0.231 e. The molecule has 1 unspecified atom stereocenters. The predicted octanol–water partition coefficient (Wildman–Crippen LogP) is 1.90. The fourth-order valence-electron chi connectivity index (χ4n) is 2.66. The van der Waals surface area contributed by atoms with Gasteiger partial charge in [-0.15, -0.1) is 0 Å². The number of piperidine rings is 1. The number of hydrogen-bond donors (Lipinski definition) is 3. The van der Waals surface area contributed by atoms with Crippen LogP contribution in [0.15, 0.2) is 24.3 Å². The number of amides is 1. The number of benzene rings is 1. The van der Waals surface area contributed by atoms with Crippen LogP contribution in [0.25, 0.3) is 0 Å². The van der Waals surface area contributed by atoms with Gasteiger partial charge in [0.2, 0.25) is 5.91 Å². The summed E-state index contributed by atoms with van der Waals surface area (Å²) in [6.45, 7) is 3.72. The van der Waals surface area contributed by atoms with Gasteiger partial charge in [-0.3, -0.25) is 4.79 Å². The van der Waals surface area contributed by atoms with Gasteiger partial charge in [0.05, 0.1) is 12.0 Å². The Labute approximate surface area is 114 Å². The molecule has 0 aliphatic carbocycles. The molecule has 1 aliphatic heterocycles. The SMILES string of the molecule is CCC1(C(=O)Nc2ccccc2CO)CCCNC1. The molecule has 19 heavy (non-hydrogen) atoms. The van der Waals surface area contributed by atoms with E-state index in [1.165, 1.54) is 0 Å². The first-order chi connectivity index (χ1) is 9.22. The molecule has 0 radical (unpaired) electrons. The molecule has 1 heterocycles. The lowest BCUT2D eigenvalue weighted by atomic mass is 9.77. The number of anilines is 1. The molecule has 104 valence electrons. The maximum absolute atomic E-state index is 12.6. The Morgan fingerprint density at radius 3 is 2.89 bits per heavy atom. The third-order valence-corrected chi connectivity index (χ3v) is 4.07. The van der Waals surface area contributed by atoms with E-state index in [-0.39, 0.29) is 17.9 Å². The molecule has 0 saturated carbocycles. The summed E-state index contributed by atoms with van der Waals surface area (Å²) in [6.07, 6.45) is 2.78. The maximum atomic E-state index is 12.6. The van der Waals surface area contributed by atoms with Crippen LogP contribution in [0.5, 0.6) is 0 Å². The molecule has 1 aromatic rings. The van der Waals surface area contributed by atoms with Gasteiger partial charge in [-0.25, -0.2) is 0 Å². The zero-order valence-electron chi connectivity index (χ0n) is 11.4. The van der Waals surface area contributed by atoms with Crippen molar-refractivity contribution in [3.63, 3.8) is 0 Å². The molecule has 1 fully saturated rings. The minimum Gasteiger partial charge on any atom is -0.392 e. The van der Waals surface area contributed by atoms with Crippen molar-refractivity contribution in [2.24, 2.45) is 5.41 Å². The minimum absolute atomic E-state index is 0.0584. The molecule has 0 aromatic heterocycles. The summed E-state index contributed by atoms with van der Waals surface area (Å²) < 4.78 is 0. The zero-order chi connectivity index (χ0) is 13.7. The Morgan fingerprint density at radius 1 is 1.47 bits per heavy atom. The van der Waals surface area contributed by atoms with Crippen molar-refractivity contribution in [2.75, 3.05) is 18.4 Å². The van der Waals surface area contributed by atoms with Crippen LogP contribution < -0.4 is 10.6 Å². The van der Waals surface area contributed by atoms with Crippen molar-refractivity contribution in [3.8, 4) is 0 Å². The van der Waals surface area contributed by atoms with E-state index in [0.29, 0.717) is 5.69 Å². The molecule has 1 atom stereocenters. The number of aliphatic hydroxyl groups excluding tert-OH is 1. The fraction of sp³-hybridized carbons (Fsp3) is 0.533. The Balaban J connectivity index is 2.15. The Kier molecular flexibility index (Phi) is 4.56. The fourth-order valence-corrected chi connectivity index (χ4v) is 2.66. The smallest absolute Gasteiger partial charge is 0.231 e. The zero-order valence-corrected chi connectivity index (χ0v) is 11.4. The average Bonchev–Trinajstić information content (AvgIpc) is 2.48. The van der Waals surface area contributed by atoms with E-state index in [1.807, 2.05) is 24.3 Å².